The van der Waals surface area contributed by atoms with E-state index in [1.54, 1.807) is 31.5 Å². The van der Waals surface area contributed by atoms with Gasteiger partial charge in [0.25, 0.3) is 0 Å². The van der Waals surface area contributed by atoms with Crippen LogP contribution in [0.5, 0.6) is 11.5 Å². The number of halogens is 1. The highest BCUT2D eigenvalue weighted by molar-refractivity contribution is 6.31. The number of carbonyl (C=O) groups is 1. The normalized spacial score (nSPS) is 10.7. The summed E-state index contributed by atoms with van der Waals surface area (Å²) in [5, 5.41) is 13.7. The van der Waals surface area contributed by atoms with Crippen LogP contribution in [0.3, 0.4) is 0 Å². The zero-order valence-corrected chi connectivity index (χ0v) is 16.4. The lowest BCUT2D eigenvalue weighted by Gasteiger charge is -2.12. The third kappa shape index (κ3) is 5.49. The van der Waals surface area contributed by atoms with Crippen LogP contribution in [0.4, 0.5) is 5.69 Å². The maximum atomic E-state index is 10.9. The van der Waals surface area contributed by atoms with E-state index >= 15 is 0 Å². The summed E-state index contributed by atoms with van der Waals surface area (Å²) >= 11 is 6.18. The predicted octanol–water partition coefficient (Wildman–Crippen LogP) is 5.07. The molecule has 6 nitrogen and oxygen atoms in total. The van der Waals surface area contributed by atoms with E-state index in [0.29, 0.717) is 28.8 Å². The molecule has 0 radical (unpaired) electrons. The van der Waals surface area contributed by atoms with Gasteiger partial charge in [0.05, 0.1) is 24.6 Å². The van der Waals surface area contributed by atoms with Crippen LogP contribution in [0.1, 0.15) is 21.5 Å². The number of nitrogens with one attached hydrogen (secondary N) is 1. The van der Waals surface area contributed by atoms with Crippen molar-refractivity contribution < 1.29 is 19.4 Å². The minimum atomic E-state index is -0.970. The van der Waals surface area contributed by atoms with E-state index in [4.69, 9.17) is 26.2 Å². The van der Waals surface area contributed by atoms with E-state index in [-0.39, 0.29) is 5.56 Å². The minimum Gasteiger partial charge on any atom is -0.493 e. The average molecular weight is 411 g/mol. The van der Waals surface area contributed by atoms with Crippen LogP contribution in [-0.4, -0.2) is 24.4 Å². The number of nitrogens with zero attached hydrogens (tertiary/aromatic N) is 1. The van der Waals surface area contributed by atoms with E-state index < -0.39 is 5.97 Å². The molecule has 0 aliphatic rings. The maximum Gasteiger partial charge on any atom is 0.335 e. The quantitative estimate of drug-likeness (QED) is 0.400. The summed E-state index contributed by atoms with van der Waals surface area (Å²) in [6, 6.07) is 19.3. The highest BCUT2D eigenvalue weighted by Gasteiger charge is 2.07. The smallest absolute Gasteiger partial charge is 0.335 e. The lowest BCUT2D eigenvalue weighted by atomic mass is 10.2. The van der Waals surface area contributed by atoms with Crippen molar-refractivity contribution in [3.8, 4) is 11.5 Å². The molecule has 3 aromatic carbocycles. The van der Waals surface area contributed by atoms with E-state index in [1.165, 1.54) is 12.1 Å². The summed E-state index contributed by atoms with van der Waals surface area (Å²) in [6.45, 7) is 0.310. The Hall–Kier alpha value is -3.51. The van der Waals surface area contributed by atoms with Gasteiger partial charge in [-0.05, 0) is 54.1 Å². The van der Waals surface area contributed by atoms with Gasteiger partial charge in [-0.2, -0.15) is 5.10 Å². The van der Waals surface area contributed by atoms with E-state index in [2.05, 4.69) is 10.5 Å². The third-order valence-corrected chi connectivity index (χ3v) is 4.44. The lowest BCUT2D eigenvalue weighted by molar-refractivity contribution is 0.0697. The fourth-order valence-electron chi connectivity index (χ4n) is 2.53. The first-order valence-electron chi connectivity index (χ1n) is 8.73. The molecule has 0 amide bonds. The molecule has 29 heavy (non-hydrogen) atoms. The Labute approximate surface area is 173 Å². The number of aromatic carboxylic acids is 1. The molecule has 3 rings (SSSR count). The molecule has 0 atom stereocenters. The number of rotatable bonds is 8. The molecule has 0 aromatic heterocycles. The molecule has 3 aromatic rings. The van der Waals surface area contributed by atoms with Gasteiger partial charge in [0.15, 0.2) is 11.5 Å². The highest BCUT2D eigenvalue weighted by Crippen LogP contribution is 2.29. The molecule has 0 heterocycles. The van der Waals surface area contributed by atoms with E-state index in [0.717, 1.165) is 11.1 Å². The molecular formula is C22H19ClN2O4. The second-order valence-corrected chi connectivity index (χ2v) is 6.45. The van der Waals surface area contributed by atoms with Gasteiger partial charge >= 0.3 is 5.97 Å². The summed E-state index contributed by atoms with van der Waals surface area (Å²) in [5.41, 5.74) is 5.43. The Bertz CT molecular complexity index is 1020. The van der Waals surface area contributed by atoms with Crippen LogP contribution in [-0.2, 0) is 6.61 Å². The summed E-state index contributed by atoms with van der Waals surface area (Å²) in [4.78, 5) is 10.9. The average Bonchev–Trinajstić information content (AvgIpc) is 2.73. The Morgan fingerprint density at radius 3 is 2.55 bits per heavy atom. The van der Waals surface area contributed by atoms with Gasteiger partial charge in [-0.1, -0.05) is 29.8 Å². The molecule has 148 valence electrons. The van der Waals surface area contributed by atoms with Crippen LogP contribution < -0.4 is 14.9 Å². The number of methoxy groups -OCH3 is 1. The van der Waals surface area contributed by atoms with Crippen LogP contribution in [0.25, 0.3) is 0 Å². The van der Waals surface area contributed by atoms with Crippen LogP contribution >= 0.6 is 11.6 Å². The molecule has 0 saturated carbocycles. The highest BCUT2D eigenvalue weighted by atomic mass is 35.5. The van der Waals surface area contributed by atoms with Crippen molar-refractivity contribution in [2.75, 3.05) is 12.5 Å². The van der Waals surface area contributed by atoms with Gasteiger partial charge in [0.1, 0.15) is 6.61 Å². The first-order valence-corrected chi connectivity index (χ1v) is 9.11. The summed E-state index contributed by atoms with van der Waals surface area (Å²) in [6.07, 6.45) is 1.63. The Morgan fingerprint density at radius 2 is 1.86 bits per heavy atom. The van der Waals surface area contributed by atoms with E-state index in [1.807, 2.05) is 36.4 Å². The summed E-state index contributed by atoms with van der Waals surface area (Å²) in [7, 11) is 1.58. The molecule has 0 spiro atoms. The number of hydrazone groups is 1. The molecule has 0 bridgehead atoms. The fourth-order valence-corrected chi connectivity index (χ4v) is 2.72. The van der Waals surface area contributed by atoms with Crippen LogP contribution in [0.15, 0.2) is 71.8 Å². The van der Waals surface area contributed by atoms with Crippen LogP contribution in [0.2, 0.25) is 5.02 Å². The molecule has 0 aliphatic carbocycles. The zero-order chi connectivity index (χ0) is 20.6. The van der Waals surface area contributed by atoms with Gasteiger partial charge in [-0.25, -0.2) is 4.79 Å². The molecular weight excluding hydrogens is 392 g/mol. The van der Waals surface area contributed by atoms with Crippen molar-refractivity contribution in [1.29, 1.82) is 0 Å². The van der Waals surface area contributed by atoms with Gasteiger partial charge in [0, 0.05) is 10.6 Å². The maximum absolute atomic E-state index is 10.9. The topological polar surface area (TPSA) is 80.2 Å². The van der Waals surface area contributed by atoms with Gasteiger partial charge < -0.3 is 14.6 Å². The zero-order valence-electron chi connectivity index (χ0n) is 15.6. The monoisotopic (exact) mass is 410 g/mol. The number of ether oxygens (including phenoxy) is 2. The second kappa shape index (κ2) is 9.61. The Kier molecular flexibility index (Phi) is 6.71. The van der Waals surface area contributed by atoms with Gasteiger partial charge in [0.2, 0.25) is 0 Å². The molecule has 7 heteroatoms. The number of carboxylic acids is 1. The standard InChI is InChI=1S/C22H19ClN2O4/c1-28-20-11-6-15(12-21(20)29-14-17-4-2-3-5-19(17)23)13-24-25-18-9-7-16(8-10-18)22(26)27/h2-13,25H,14H2,1H3,(H,26,27)/b24-13+. The van der Waals surface area contributed by atoms with Crippen molar-refractivity contribution in [1.82, 2.24) is 0 Å². The SMILES string of the molecule is COc1ccc(/C=N/Nc2ccc(C(=O)O)cc2)cc1OCc1ccccc1Cl. The summed E-state index contributed by atoms with van der Waals surface area (Å²) < 4.78 is 11.2. The number of anilines is 1. The molecule has 0 unspecified atom stereocenters. The first kappa shape index (κ1) is 20.2. The molecule has 0 saturated heterocycles. The van der Waals surface area contributed by atoms with Crippen molar-refractivity contribution in [3.05, 3.63) is 88.4 Å². The van der Waals surface area contributed by atoms with Crippen molar-refractivity contribution >= 4 is 29.5 Å². The van der Waals surface area contributed by atoms with E-state index in [9.17, 15) is 4.79 Å². The van der Waals surface area contributed by atoms with Crippen LogP contribution in [0, 0.1) is 0 Å². The third-order valence-electron chi connectivity index (χ3n) is 4.07. The summed E-state index contributed by atoms with van der Waals surface area (Å²) in [5.74, 6) is 0.205. The van der Waals surface area contributed by atoms with Crippen molar-refractivity contribution in [3.63, 3.8) is 0 Å². The first-order chi connectivity index (χ1) is 14.1. The van der Waals surface area contributed by atoms with Crippen molar-refractivity contribution in [2.45, 2.75) is 6.61 Å². The molecule has 0 fully saturated rings. The largest absolute Gasteiger partial charge is 0.493 e. The minimum absolute atomic E-state index is 0.218. The second-order valence-electron chi connectivity index (χ2n) is 6.04. The molecule has 0 aliphatic heterocycles. The molecule has 2 N–H and O–H groups in total. The number of benzene rings is 3. The predicted molar refractivity (Wildman–Crippen MR) is 113 cm³/mol. The van der Waals surface area contributed by atoms with Gasteiger partial charge in [-0.3, -0.25) is 5.43 Å². The number of carboxylic acid groups (broad SMARTS) is 1. The van der Waals surface area contributed by atoms with Crippen molar-refractivity contribution in [2.24, 2.45) is 5.10 Å². The number of hydrogen-bond acceptors (Lipinski definition) is 5. The fraction of sp³-hybridized carbons (Fsp3) is 0.0909. The van der Waals surface area contributed by atoms with Gasteiger partial charge in [-0.15, -0.1) is 0 Å². The Morgan fingerprint density at radius 1 is 1.10 bits per heavy atom. The Balaban J connectivity index is 1.68. The lowest BCUT2D eigenvalue weighted by Crippen LogP contribution is -1.99. The number of hydrogen-bond donors (Lipinski definition) is 2.